The summed E-state index contributed by atoms with van der Waals surface area (Å²) < 4.78 is 0. The van der Waals surface area contributed by atoms with Crippen molar-refractivity contribution in [1.29, 1.82) is 0 Å². The molecule has 0 heterocycles. The summed E-state index contributed by atoms with van der Waals surface area (Å²) in [5, 5.41) is 0. The van der Waals surface area contributed by atoms with Gasteiger partial charge in [-0.05, 0) is 134 Å². The maximum atomic E-state index is 2.52. The van der Waals surface area contributed by atoms with Crippen LogP contribution in [0.1, 0.15) is 206 Å². The fourth-order valence-corrected chi connectivity index (χ4v) is 8.81. The molecule has 47 heavy (non-hydrogen) atoms. The highest BCUT2D eigenvalue weighted by Gasteiger charge is 2.48. The van der Waals surface area contributed by atoms with Crippen LogP contribution in [0.25, 0.3) is 0 Å². The van der Waals surface area contributed by atoms with E-state index in [2.05, 4.69) is 81.5 Å². The molecule has 0 amide bonds. The van der Waals surface area contributed by atoms with E-state index in [4.69, 9.17) is 0 Å². The van der Waals surface area contributed by atoms with E-state index in [9.17, 15) is 0 Å². The van der Waals surface area contributed by atoms with Gasteiger partial charge in [-0.2, -0.15) is 0 Å². The third-order valence-corrected chi connectivity index (χ3v) is 11.8. The fourth-order valence-electron chi connectivity index (χ4n) is 8.81. The van der Waals surface area contributed by atoms with Crippen LogP contribution in [0.3, 0.4) is 0 Å². The van der Waals surface area contributed by atoms with Crippen LogP contribution in [-0.4, -0.2) is 25.0 Å². The molecule has 0 saturated heterocycles. The molecule has 0 aromatic heterocycles. The zero-order chi connectivity index (χ0) is 33.7. The first-order chi connectivity index (χ1) is 23.1. The zero-order valence-corrected chi connectivity index (χ0v) is 32.5. The Balaban J connectivity index is 1.55. The lowest BCUT2D eigenvalue weighted by Crippen LogP contribution is -2.27. The van der Waals surface area contributed by atoms with Gasteiger partial charge in [0.05, 0.1) is 0 Å². The van der Waals surface area contributed by atoms with Gasteiger partial charge in [0.15, 0.2) is 0 Å². The Morgan fingerprint density at radius 1 is 0.447 bits per heavy atom. The lowest BCUT2D eigenvalue weighted by atomic mass is 9.74. The molecule has 2 aliphatic rings. The first-order valence-electron chi connectivity index (χ1n) is 21.4. The predicted molar refractivity (Wildman–Crippen MR) is 213 cm³/mol. The van der Waals surface area contributed by atoms with Gasteiger partial charge in [-0.1, -0.05) is 152 Å². The molecule has 0 bridgehead atoms. The molecular weight excluding hydrogens is 567 g/mol. The fraction of sp³-hybridized carbons (Fsp3) is 0.826. The standard InChI is InChI=1S/C46H83N/c1-5-7-9-11-13-15-17-19-21-23-25-27-29-31-33-35-37-46(41-43-39-45(47(3)4)40-44(43)42-46)38-36-34-32-30-28-26-24-22-20-18-16-14-12-10-8-6-2/h13-16,19-22,43-45H,5-12,17-18,23-42H2,1-4H3/b15-13-,16-14-,21-19-,22-20-/t43-,44+,45+. The number of fused-ring (bicyclic) bond motifs is 1. The molecular formula is C46H83N. The van der Waals surface area contributed by atoms with Gasteiger partial charge in [0, 0.05) is 6.04 Å². The van der Waals surface area contributed by atoms with Gasteiger partial charge in [-0.15, -0.1) is 0 Å². The monoisotopic (exact) mass is 650 g/mol. The molecule has 0 unspecified atom stereocenters. The number of unbranched alkanes of at least 4 members (excludes halogenated alkanes) is 18. The van der Waals surface area contributed by atoms with Crippen molar-refractivity contribution in [2.24, 2.45) is 17.3 Å². The summed E-state index contributed by atoms with van der Waals surface area (Å²) in [4.78, 5) is 2.52. The Hall–Kier alpha value is -1.08. The van der Waals surface area contributed by atoms with E-state index in [1.807, 2.05) is 0 Å². The van der Waals surface area contributed by atoms with E-state index in [0.29, 0.717) is 5.41 Å². The van der Waals surface area contributed by atoms with E-state index >= 15 is 0 Å². The van der Waals surface area contributed by atoms with Crippen molar-refractivity contribution >= 4 is 0 Å². The van der Waals surface area contributed by atoms with Crippen molar-refractivity contribution in [3.63, 3.8) is 0 Å². The van der Waals surface area contributed by atoms with Crippen LogP contribution >= 0.6 is 0 Å². The second-order valence-electron chi connectivity index (χ2n) is 16.2. The Morgan fingerprint density at radius 2 is 0.787 bits per heavy atom. The summed E-state index contributed by atoms with van der Waals surface area (Å²) in [6, 6.07) is 0.853. The minimum atomic E-state index is 0.692. The van der Waals surface area contributed by atoms with E-state index in [0.717, 1.165) is 30.7 Å². The molecule has 3 atom stereocenters. The molecule has 272 valence electrons. The van der Waals surface area contributed by atoms with Crippen LogP contribution in [0.15, 0.2) is 48.6 Å². The summed E-state index contributed by atoms with van der Waals surface area (Å²) in [5.41, 5.74) is 0.692. The first-order valence-corrected chi connectivity index (χ1v) is 21.4. The minimum absolute atomic E-state index is 0.692. The van der Waals surface area contributed by atoms with Gasteiger partial charge in [-0.25, -0.2) is 0 Å². The van der Waals surface area contributed by atoms with Crippen molar-refractivity contribution in [3.8, 4) is 0 Å². The molecule has 0 radical (unpaired) electrons. The number of hydrogen-bond acceptors (Lipinski definition) is 1. The maximum Gasteiger partial charge on any atom is 0.00946 e. The van der Waals surface area contributed by atoms with Gasteiger partial charge in [-0.3, -0.25) is 0 Å². The van der Waals surface area contributed by atoms with Crippen LogP contribution in [0.4, 0.5) is 0 Å². The summed E-state index contributed by atoms with van der Waals surface area (Å²) in [7, 11) is 4.63. The molecule has 2 fully saturated rings. The zero-order valence-electron chi connectivity index (χ0n) is 32.5. The molecule has 1 nitrogen and oxygen atoms in total. The van der Waals surface area contributed by atoms with Gasteiger partial charge < -0.3 is 4.90 Å². The average Bonchev–Trinajstić information content (AvgIpc) is 3.61. The molecule has 0 aliphatic heterocycles. The van der Waals surface area contributed by atoms with E-state index in [-0.39, 0.29) is 0 Å². The molecule has 2 saturated carbocycles. The largest absolute Gasteiger partial charge is 0.306 e. The lowest BCUT2D eigenvalue weighted by Gasteiger charge is -2.32. The molecule has 0 N–H and O–H groups in total. The van der Waals surface area contributed by atoms with Crippen molar-refractivity contribution < 1.29 is 0 Å². The molecule has 0 spiro atoms. The van der Waals surface area contributed by atoms with Gasteiger partial charge in [0.1, 0.15) is 0 Å². The molecule has 2 aliphatic carbocycles. The van der Waals surface area contributed by atoms with Crippen LogP contribution in [0.2, 0.25) is 0 Å². The SMILES string of the molecule is CCCCC/C=C\C/C=C\CCCCCCCCC1(CCCCCCCC/C=C\C/C=C\CCCCC)C[C@H]2C[C@H](N(C)C)C[C@H]2C1. The second kappa shape index (κ2) is 28.7. The summed E-state index contributed by atoms with van der Waals surface area (Å²) in [6.07, 6.45) is 61.0. The predicted octanol–water partition coefficient (Wildman–Crippen LogP) is 15.1. The Bertz CT molecular complexity index is 751. The lowest BCUT2D eigenvalue weighted by molar-refractivity contribution is 0.192. The Kier molecular flexibility index (Phi) is 25.7. The highest BCUT2D eigenvalue weighted by molar-refractivity contribution is 5.00. The van der Waals surface area contributed by atoms with E-state index in [1.165, 1.54) is 167 Å². The second-order valence-corrected chi connectivity index (χ2v) is 16.2. The van der Waals surface area contributed by atoms with E-state index in [1.54, 1.807) is 12.8 Å². The van der Waals surface area contributed by atoms with Gasteiger partial charge in [0.2, 0.25) is 0 Å². The Labute approximate surface area is 296 Å². The van der Waals surface area contributed by atoms with Crippen molar-refractivity contribution in [1.82, 2.24) is 4.90 Å². The topological polar surface area (TPSA) is 3.24 Å². The molecule has 0 aromatic rings. The van der Waals surface area contributed by atoms with Crippen molar-refractivity contribution in [3.05, 3.63) is 48.6 Å². The minimum Gasteiger partial charge on any atom is -0.306 e. The third-order valence-electron chi connectivity index (χ3n) is 11.8. The molecule has 1 heteroatoms. The highest BCUT2D eigenvalue weighted by Crippen LogP contribution is 2.57. The van der Waals surface area contributed by atoms with Crippen LogP contribution < -0.4 is 0 Å². The average molecular weight is 650 g/mol. The van der Waals surface area contributed by atoms with Gasteiger partial charge >= 0.3 is 0 Å². The molecule has 0 aromatic carbocycles. The number of nitrogens with zero attached hydrogens (tertiary/aromatic N) is 1. The quantitative estimate of drug-likeness (QED) is 0.0533. The van der Waals surface area contributed by atoms with Crippen LogP contribution in [0, 0.1) is 17.3 Å². The van der Waals surface area contributed by atoms with E-state index < -0.39 is 0 Å². The first kappa shape index (κ1) is 42.1. The smallest absolute Gasteiger partial charge is 0.00946 e. The number of hydrogen-bond donors (Lipinski definition) is 0. The maximum absolute atomic E-state index is 2.52. The summed E-state index contributed by atoms with van der Waals surface area (Å²) in [5.74, 6) is 2.05. The molecule has 2 rings (SSSR count). The third kappa shape index (κ3) is 20.9. The van der Waals surface area contributed by atoms with Gasteiger partial charge in [0.25, 0.3) is 0 Å². The number of allylic oxidation sites excluding steroid dienone is 8. The van der Waals surface area contributed by atoms with Crippen LogP contribution in [0.5, 0.6) is 0 Å². The number of rotatable bonds is 31. The van der Waals surface area contributed by atoms with Crippen molar-refractivity contribution in [2.75, 3.05) is 14.1 Å². The van der Waals surface area contributed by atoms with Crippen molar-refractivity contribution in [2.45, 2.75) is 213 Å². The normalized spacial score (nSPS) is 21.2. The summed E-state index contributed by atoms with van der Waals surface area (Å²) in [6.45, 7) is 4.56. The highest BCUT2D eigenvalue weighted by atomic mass is 15.1. The Morgan fingerprint density at radius 3 is 1.15 bits per heavy atom. The van der Waals surface area contributed by atoms with Crippen LogP contribution in [-0.2, 0) is 0 Å². The summed E-state index contributed by atoms with van der Waals surface area (Å²) >= 11 is 0.